The molecule has 1 aliphatic rings. The topological polar surface area (TPSA) is 37.7 Å². The largest absolute Gasteiger partial charge is 0.477 e. The van der Waals surface area contributed by atoms with Crippen LogP contribution in [0.4, 0.5) is 18.9 Å². The van der Waals surface area contributed by atoms with E-state index in [1.807, 2.05) is 47.4 Å². The fourth-order valence-corrected chi connectivity index (χ4v) is 3.70. The average Bonchev–Trinajstić information content (AvgIpc) is 2.73. The van der Waals surface area contributed by atoms with Crippen LogP contribution in [0, 0.1) is 0 Å². The Balaban J connectivity index is 1.52. The van der Waals surface area contributed by atoms with Gasteiger partial charge in [-0.2, -0.15) is 13.2 Å². The number of halogens is 3. The molecule has 1 saturated heterocycles. The van der Waals surface area contributed by atoms with Crippen LogP contribution in [0.1, 0.15) is 11.3 Å². The molecule has 0 spiro atoms. The standard InChI is InChI=1S/C22H20F3N3O/c23-22(24,25)20-15-19(17-8-4-5-9-18(17)26-20)27-10-12-28(13-11-27)21(29)14-16-6-2-1-3-7-16/h1-9,15H,10-14H2/p+1. The maximum absolute atomic E-state index is 13.3. The number of para-hydroxylation sites is 1. The summed E-state index contributed by atoms with van der Waals surface area (Å²) in [5.74, 6) is 0.0399. The van der Waals surface area contributed by atoms with Gasteiger partial charge in [0.05, 0.1) is 17.5 Å². The van der Waals surface area contributed by atoms with Crippen molar-refractivity contribution in [3.05, 3.63) is 71.9 Å². The third kappa shape index (κ3) is 4.18. The molecule has 2 heterocycles. The van der Waals surface area contributed by atoms with Gasteiger partial charge in [-0.15, -0.1) is 0 Å². The zero-order chi connectivity index (χ0) is 20.4. The predicted molar refractivity (Wildman–Crippen MR) is 104 cm³/mol. The van der Waals surface area contributed by atoms with Crippen molar-refractivity contribution in [3.8, 4) is 0 Å². The number of amides is 1. The highest BCUT2D eigenvalue weighted by atomic mass is 19.4. The first-order valence-corrected chi connectivity index (χ1v) is 9.51. The molecule has 1 N–H and O–H groups in total. The van der Waals surface area contributed by atoms with Crippen molar-refractivity contribution in [3.63, 3.8) is 0 Å². The third-order valence-electron chi connectivity index (χ3n) is 5.23. The van der Waals surface area contributed by atoms with Gasteiger partial charge in [-0.3, -0.25) is 4.79 Å². The van der Waals surface area contributed by atoms with Gasteiger partial charge in [0.1, 0.15) is 0 Å². The van der Waals surface area contributed by atoms with Crippen LogP contribution in [0.2, 0.25) is 0 Å². The molecule has 1 fully saturated rings. The fraction of sp³-hybridized carbons (Fsp3) is 0.273. The van der Waals surface area contributed by atoms with E-state index in [2.05, 4.69) is 4.98 Å². The lowest BCUT2D eigenvalue weighted by Crippen LogP contribution is -2.49. The molecule has 4 rings (SSSR count). The van der Waals surface area contributed by atoms with E-state index in [1.54, 1.807) is 17.0 Å². The quantitative estimate of drug-likeness (QED) is 0.674. The van der Waals surface area contributed by atoms with E-state index in [-0.39, 0.29) is 5.91 Å². The molecular formula is C22H21F3N3O+. The van der Waals surface area contributed by atoms with Gasteiger partial charge in [0.25, 0.3) is 5.69 Å². The number of fused-ring (bicyclic) bond motifs is 1. The number of nitrogens with zero attached hydrogens (tertiary/aromatic N) is 2. The number of hydrogen-bond donors (Lipinski definition) is 0. The number of H-pyrrole nitrogens is 1. The first kappa shape index (κ1) is 19.2. The molecular weight excluding hydrogens is 379 g/mol. The molecule has 1 aromatic heterocycles. The second kappa shape index (κ2) is 7.73. The highest BCUT2D eigenvalue weighted by molar-refractivity contribution is 5.90. The van der Waals surface area contributed by atoms with E-state index in [1.165, 1.54) is 6.07 Å². The molecule has 0 radical (unpaired) electrons. The summed E-state index contributed by atoms with van der Waals surface area (Å²) in [5.41, 5.74) is 1.18. The molecule has 0 saturated carbocycles. The first-order chi connectivity index (χ1) is 13.9. The molecule has 0 bridgehead atoms. The van der Waals surface area contributed by atoms with E-state index < -0.39 is 11.9 Å². The minimum atomic E-state index is -4.45. The van der Waals surface area contributed by atoms with Gasteiger partial charge in [0.15, 0.2) is 0 Å². The highest BCUT2D eigenvalue weighted by Crippen LogP contribution is 2.32. The second-order valence-electron chi connectivity index (χ2n) is 7.14. The lowest BCUT2D eigenvalue weighted by molar-refractivity contribution is -0.398. The SMILES string of the molecule is O=C(Cc1ccccc1)N1CCN(c2cc(C(F)(F)F)[nH+]c3ccccc23)CC1. The molecule has 2 aromatic carbocycles. The number of anilines is 1. The van der Waals surface area contributed by atoms with Crippen molar-refractivity contribution < 1.29 is 22.9 Å². The average molecular weight is 400 g/mol. The summed E-state index contributed by atoms with van der Waals surface area (Å²) in [4.78, 5) is 18.8. The number of hydrogen-bond acceptors (Lipinski definition) is 2. The van der Waals surface area contributed by atoms with Gasteiger partial charge < -0.3 is 9.80 Å². The number of aromatic nitrogens is 1. The normalized spacial score (nSPS) is 15.0. The van der Waals surface area contributed by atoms with Crippen molar-refractivity contribution in [2.75, 3.05) is 31.1 Å². The highest BCUT2D eigenvalue weighted by Gasteiger charge is 2.39. The Bertz CT molecular complexity index is 1010. The Kier molecular flexibility index (Phi) is 5.13. The van der Waals surface area contributed by atoms with Gasteiger partial charge in [-0.05, 0) is 11.6 Å². The number of carbonyl (C=O) groups is 1. The van der Waals surface area contributed by atoms with Crippen LogP contribution >= 0.6 is 0 Å². The van der Waals surface area contributed by atoms with Crippen LogP contribution in [0.5, 0.6) is 0 Å². The lowest BCUT2D eigenvalue weighted by atomic mass is 10.1. The van der Waals surface area contributed by atoms with Crippen molar-refractivity contribution in [1.82, 2.24) is 4.90 Å². The smallest absolute Gasteiger partial charge is 0.367 e. The molecule has 29 heavy (non-hydrogen) atoms. The van der Waals surface area contributed by atoms with Gasteiger partial charge >= 0.3 is 6.18 Å². The number of pyridine rings is 1. The second-order valence-corrected chi connectivity index (χ2v) is 7.14. The van der Waals surface area contributed by atoms with Crippen molar-refractivity contribution >= 4 is 22.5 Å². The molecule has 7 heteroatoms. The van der Waals surface area contributed by atoms with E-state index in [0.29, 0.717) is 43.8 Å². The van der Waals surface area contributed by atoms with Gasteiger partial charge in [0, 0.05) is 38.3 Å². The molecule has 0 aliphatic carbocycles. The number of nitrogens with one attached hydrogen (secondary N) is 1. The lowest BCUT2D eigenvalue weighted by Gasteiger charge is -2.36. The molecule has 3 aromatic rings. The molecule has 0 atom stereocenters. The Morgan fingerprint density at radius 1 is 0.931 bits per heavy atom. The minimum Gasteiger partial charge on any atom is -0.367 e. The van der Waals surface area contributed by atoms with Gasteiger partial charge in [-0.1, -0.05) is 42.5 Å². The molecule has 1 amide bonds. The van der Waals surface area contributed by atoms with E-state index in [9.17, 15) is 18.0 Å². The number of carbonyl (C=O) groups excluding carboxylic acids is 1. The summed E-state index contributed by atoms with van der Waals surface area (Å²) in [6.45, 7) is 1.96. The number of rotatable bonds is 3. The zero-order valence-corrected chi connectivity index (χ0v) is 15.7. The Morgan fingerprint density at radius 3 is 2.28 bits per heavy atom. The fourth-order valence-electron chi connectivity index (χ4n) is 3.70. The summed E-state index contributed by atoms with van der Waals surface area (Å²) in [6.07, 6.45) is -4.12. The Labute approximate surface area is 166 Å². The maximum atomic E-state index is 13.3. The maximum Gasteiger partial charge on any atom is 0.477 e. The summed E-state index contributed by atoms with van der Waals surface area (Å²) < 4.78 is 40.0. The van der Waals surface area contributed by atoms with Crippen molar-refractivity contribution in [2.24, 2.45) is 0 Å². The van der Waals surface area contributed by atoms with Crippen molar-refractivity contribution in [1.29, 1.82) is 0 Å². The van der Waals surface area contributed by atoms with Crippen LogP contribution in [0.15, 0.2) is 60.7 Å². The van der Waals surface area contributed by atoms with Crippen LogP contribution in [-0.2, 0) is 17.4 Å². The van der Waals surface area contributed by atoms with Gasteiger partial charge in [0.2, 0.25) is 11.4 Å². The summed E-state index contributed by atoms with van der Waals surface area (Å²) in [7, 11) is 0. The van der Waals surface area contributed by atoms with Crippen LogP contribution < -0.4 is 9.88 Å². The van der Waals surface area contributed by atoms with E-state index >= 15 is 0 Å². The summed E-state index contributed by atoms with van der Waals surface area (Å²) in [5, 5.41) is 0.740. The number of aromatic amines is 1. The predicted octanol–water partition coefficient (Wildman–Crippen LogP) is 3.56. The van der Waals surface area contributed by atoms with Gasteiger partial charge in [-0.25, -0.2) is 4.98 Å². The Hall–Kier alpha value is -3.09. The van der Waals surface area contributed by atoms with E-state index in [0.717, 1.165) is 10.9 Å². The van der Waals surface area contributed by atoms with Crippen molar-refractivity contribution in [2.45, 2.75) is 12.6 Å². The monoisotopic (exact) mass is 400 g/mol. The minimum absolute atomic E-state index is 0.0399. The van der Waals surface area contributed by atoms with Crippen LogP contribution in [0.3, 0.4) is 0 Å². The molecule has 150 valence electrons. The molecule has 0 unspecified atom stereocenters. The number of benzene rings is 2. The first-order valence-electron chi connectivity index (χ1n) is 9.51. The van der Waals surface area contributed by atoms with E-state index in [4.69, 9.17) is 0 Å². The molecule has 4 nitrogen and oxygen atoms in total. The number of alkyl halides is 3. The molecule has 1 aliphatic heterocycles. The number of piperazine rings is 1. The van der Waals surface area contributed by atoms with Crippen LogP contribution in [-0.4, -0.2) is 37.0 Å². The summed E-state index contributed by atoms with van der Waals surface area (Å²) >= 11 is 0. The summed E-state index contributed by atoms with van der Waals surface area (Å²) in [6, 6.07) is 17.7. The Morgan fingerprint density at radius 2 is 1.59 bits per heavy atom. The third-order valence-corrected chi connectivity index (χ3v) is 5.23. The zero-order valence-electron chi connectivity index (χ0n) is 15.7. The van der Waals surface area contributed by atoms with Crippen LogP contribution in [0.25, 0.3) is 10.9 Å².